The third-order valence-electron chi connectivity index (χ3n) is 4.55. The molecule has 0 aliphatic carbocycles. The van der Waals surface area contributed by atoms with Crippen molar-refractivity contribution in [2.24, 2.45) is 0 Å². The van der Waals surface area contributed by atoms with Gasteiger partial charge in [-0.2, -0.15) is 10.4 Å². The molecule has 0 radical (unpaired) electrons. The Bertz CT molecular complexity index is 1130. The Labute approximate surface area is 168 Å². The van der Waals surface area contributed by atoms with E-state index in [0.29, 0.717) is 17.7 Å². The van der Waals surface area contributed by atoms with E-state index >= 15 is 0 Å². The van der Waals surface area contributed by atoms with Crippen LogP contribution in [-0.2, 0) is 20.7 Å². The number of nitrogens with one attached hydrogen (secondary N) is 1. The third-order valence-corrected chi connectivity index (χ3v) is 4.55. The molecule has 8 heteroatoms. The number of nitrogens with zero attached hydrogens (tertiary/aromatic N) is 4. The van der Waals surface area contributed by atoms with Crippen LogP contribution in [-0.4, -0.2) is 33.1 Å². The fourth-order valence-corrected chi connectivity index (χ4v) is 3.12. The molecule has 0 atom stereocenters. The molecule has 1 amide bonds. The van der Waals surface area contributed by atoms with E-state index in [1.807, 2.05) is 32.9 Å². The Balaban J connectivity index is 1.56. The van der Waals surface area contributed by atoms with Crippen LogP contribution in [0.25, 0.3) is 5.65 Å². The highest BCUT2D eigenvalue weighted by Crippen LogP contribution is 2.17. The summed E-state index contributed by atoms with van der Waals surface area (Å²) in [6.45, 7) is 5.33. The van der Waals surface area contributed by atoms with Gasteiger partial charge in [0.05, 0.1) is 16.9 Å². The molecule has 0 aliphatic rings. The van der Waals surface area contributed by atoms with Crippen LogP contribution < -0.4 is 5.32 Å². The topological polar surface area (TPSA) is 109 Å². The van der Waals surface area contributed by atoms with E-state index in [0.717, 1.165) is 28.3 Å². The highest BCUT2D eigenvalue weighted by atomic mass is 16.5. The molecule has 3 aromatic rings. The highest BCUT2D eigenvalue weighted by Gasteiger charge is 2.14. The van der Waals surface area contributed by atoms with Crippen LogP contribution in [0.4, 0.5) is 5.69 Å². The van der Waals surface area contributed by atoms with Gasteiger partial charge in [0.2, 0.25) is 0 Å². The number of anilines is 1. The van der Waals surface area contributed by atoms with Crippen LogP contribution in [0, 0.1) is 32.1 Å². The van der Waals surface area contributed by atoms with Crippen LogP contribution in [0.1, 0.15) is 34.6 Å². The summed E-state index contributed by atoms with van der Waals surface area (Å²) < 4.78 is 6.83. The maximum Gasteiger partial charge on any atom is 0.306 e. The van der Waals surface area contributed by atoms with E-state index in [4.69, 9.17) is 10.00 Å². The largest absolute Gasteiger partial charge is 0.456 e. The van der Waals surface area contributed by atoms with Gasteiger partial charge in [0.15, 0.2) is 12.3 Å². The Hall–Kier alpha value is -3.73. The quantitative estimate of drug-likeness (QED) is 0.647. The van der Waals surface area contributed by atoms with E-state index in [1.165, 1.54) is 0 Å². The average Bonchev–Trinajstić information content (AvgIpc) is 3.07. The molecule has 1 N–H and O–H groups in total. The van der Waals surface area contributed by atoms with Crippen molar-refractivity contribution in [2.45, 2.75) is 33.6 Å². The number of carbonyl (C=O) groups excluding carboxylic acids is 2. The first kappa shape index (κ1) is 20.0. The molecule has 0 aliphatic heterocycles. The van der Waals surface area contributed by atoms with Crippen molar-refractivity contribution in [2.75, 3.05) is 11.9 Å². The average molecular weight is 391 g/mol. The Morgan fingerprint density at radius 2 is 2.00 bits per heavy atom. The predicted molar refractivity (Wildman–Crippen MR) is 106 cm³/mol. The number of benzene rings is 1. The summed E-state index contributed by atoms with van der Waals surface area (Å²) in [5.74, 6) is -0.979. The second-order valence-electron chi connectivity index (χ2n) is 6.68. The van der Waals surface area contributed by atoms with Gasteiger partial charge >= 0.3 is 5.97 Å². The minimum Gasteiger partial charge on any atom is -0.456 e. The summed E-state index contributed by atoms with van der Waals surface area (Å²) in [4.78, 5) is 28.6. The molecule has 2 aromatic heterocycles. The molecule has 3 rings (SSSR count). The van der Waals surface area contributed by atoms with E-state index in [9.17, 15) is 9.59 Å². The van der Waals surface area contributed by atoms with Crippen LogP contribution >= 0.6 is 0 Å². The zero-order valence-corrected chi connectivity index (χ0v) is 16.5. The van der Waals surface area contributed by atoms with Crippen molar-refractivity contribution >= 4 is 23.2 Å². The molecule has 2 heterocycles. The van der Waals surface area contributed by atoms with E-state index in [1.54, 1.807) is 28.8 Å². The third kappa shape index (κ3) is 4.58. The van der Waals surface area contributed by atoms with Crippen LogP contribution in [0.15, 0.2) is 30.3 Å². The SMILES string of the molecule is Cc1cc2nc(C)c(CCC(=O)OCC(=O)Nc3ccccc3C#N)c(C)n2n1. The number of carbonyl (C=O) groups is 2. The van der Waals surface area contributed by atoms with Gasteiger partial charge in [0.25, 0.3) is 5.91 Å². The van der Waals surface area contributed by atoms with Crippen molar-refractivity contribution in [3.63, 3.8) is 0 Å². The molecule has 8 nitrogen and oxygen atoms in total. The fourth-order valence-electron chi connectivity index (χ4n) is 3.12. The zero-order chi connectivity index (χ0) is 21.0. The molecule has 0 spiro atoms. The Morgan fingerprint density at radius 1 is 1.24 bits per heavy atom. The summed E-state index contributed by atoms with van der Waals surface area (Å²) >= 11 is 0. The van der Waals surface area contributed by atoms with Crippen molar-refractivity contribution in [1.82, 2.24) is 14.6 Å². The number of esters is 1. The number of amides is 1. The Morgan fingerprint density at radius 3 is 2.76 bits per heavy atom. The maximum atomic E-state index is 12.1. The predicted octanol–water partition coefficient (Wildman–Crippen LogP) is 2.64. The monoisotopic (exact) mass is 391 g/mol. The number of hydrogen-bond donors (Lipinski definition) is 1. The van der Waals surface area contributed by atoms with Gasteiger partial charge in [0.1, 0.15) is 6.07 Å². The molecular formula is C21H21N5O3. The lowest BCUT2D eigenvalue weighted by molar-refractivity contribution is -0.147. The van der Waals surface area contributed by atoms with E-state index in [2.05, 4.69) is 15.4 Å². The number of fused-ring (bicyclic) bond motifs is 1. The van der Waals surface area contributed by atoms with Gasteiger partial charge in [-0.05, 0) is 44.9 Å². The summed E-state index contributed by atoms with van der Waals surface area (Å²) in [7, 11) is 0. The second kappa shape index (κ2) is 8.52. The van der Waals surface area contributed by atoms with Gasteiger partial charge < -0.3 is 10.1 Å². The normalized spacial score (nSPS) is 10.6. The van der Waals surface area contributed by atoms with E-state index < -0.39 is 18.5 Å². The lowest BCUT2D eigenvalue weighted by Crippen LogP contribution is -2.21. The summed E-state index contributed by atoms with van der Waals surface area (Å²) in [6, 6.07) is 10.5. The van der Waals surface area contributed by atoms with Crippen molar-refractivity contribution < 1.29 is 14.3 Å². The zero-order valence-electron chi connectivity index (χ0n) is 16.5. The van der Waals surface area contributed by atoms with Crippen molar-refractivity contribution in [1.29, 1.82) is 5.26 Å². The number of hydrogen-bond acceptors (Lipinski definition) is 6. The molecule has 0 unspecified atom stereocenters. The first-order chi connectivity index (χ1) is 13.9. The van der Waals surface area contributed by atoms with Gasteiger partial charge in [-0.25, -0.2) is 9.50 Å². The number of aromatic nitrogens is 3. The number of rotatable bonds is 6. The minimum absolute atomic E-state index is 0.122. The van der Waals surface area contributed by atoms with Gasteiger partial charge in [-0.15, -0.1) is 0 Å². The molecular weight excluding hydrogens is 370 g/mol. The molecule has 1 aromatic carbocycles. The van der Waals surface area contributed by atoms with Gasteiger partial charge in [-0.3, -0.25) is 9.59 Å². The van der Waals surface area contributed by atoms with Crippen LogP contribution in [0.5, 0.6) is 0 Å². The molecule has 0 saturated heterocycles. The number of para-hydroxylation sites is 1. The summed E-state index contributed by atoms with van der Waals surface area (Å²) in [6.07, 6.45) is 0.564. The van der Waals surface area contributed by atoms with Crippen molar-refractivity contribution in [3.05, 3.63) is 58.5 Å². The number of ether oxygens (including phenoxy) is 1. The maximum absolute atomic E-state index is 12.1. The lowest BCUT2D eigenvalue weighted by atomic mass is 10.1. The fraction of sp³-hybridized carbons (Fsp3) is 0.286. The molecule has 0 saturated carbocycles. The van der Waals surface area contributed by atoms with Crippen molar-refractivity contribution in [3.8, 4) is 6.07 Å². The lowest BCUT2D eigenvalue weighted by Gasteiger charge is -2.11. The summed E-state index contributed by atoms with van der Waals surface area (Å²) in [5.41, 5.74) is 5.09. The minimum atomic E-state index is -0.497. The molecule has 148 valence electrons. The van der Waals surface area contributed by atoms with Crippen LogP contribution in [0.3, 0.4) is 0 Å². The number of nitriles is 1. The molecule has 29 heavy (non-hydrogen) atoms. The number of aryl methyl sites for hydroxylation is 3. The molecule has 0 fully saturated rings. The van der Waals surface area contributed by atoms with Crippen LogP contribution in [0.2, 0.25) is 0 Å². The van der Waals surface area contributed by atoms with Gasteiger partial charge in [-0.1, -0.05) is 12.1 Å². The molecule has 0 bridgehead atoms. The van der Waals surface area contributed by atoms with Gasteiger partial charge in [0, 0.05) is 23.9 Å². The van der Waals surface area contributed by atoms with E-state index in [-0.39, 0.29) is 6.42 Å². The smallest absolute Gasteiger partial charge is 0.306 e. The first-order valence-corrected chi connectivity index (χ1v) is 9.16. The Kier molecular flexibility index (Phi) is 5.88. The summed E-state index contributed by atoms with van der Waals surface area (Å²) in [5, 5.41) is 16.0. The highest BCUT2D eigenvalue weighted by molar-refractivity contribution is 5.94. The standard InChI is InChI=1S/C21H21N5O3/c1-13-10-19-23-14(2)17(15(3)26(19)25-13)8-9-21(28)29-12-20(27)24-18-7-5-4-6-16(18)11-22/h4-7,10H,8-9,12H2,1-3H3,(H,24,27). The second-order valence-corrected chi connectivity index (χ2v) is 6.68. The first-order valence-electron chi connectivity index (χ1n) is 9.16.